The monoisotopic (exact) mass is 622 g/mol. The highest BCUT2D eigenvalue weighted by Crippen LogP contribution is 2.26. The number of likely N-dealkylation sites (N-methyl/N-ethyl adjacent to an activating group) is 1. The first-order valence-corrected chi connectivity index (χ1v) is 17.5. The van der Waals surface area contributed by atoms with E-state index >= 15 is 0 Å². The van der Waals surface area contributed by atoms with Crippen LogP contribution in [0.25, 0.3) is 0 Å². The highest BCUT2D eigenvalue weighted by atomic mass is 31.2. The van der Waals surface area contributed by atoms with E-state index < -0.39 is 23.5 Å². The predicted molar refractivity (Wildman–Crippen MR) is 147 cm³/mol. The summed E-state index contributed by atoms with van der Waals surface area (Å²) in [5.74, 6) is 0. The second-order valence-electron chi connectivity index (χ2n) is 10.1. The highest BCUT2D eigenvalue weighted by molar-refractivity contribution is 7.45. The molecule has 0 aromatic rings. The summed E-state index contributed by atoms with van der Waals surface area (Å²) in [7, 11) is -7.47. The maximum atomic E-state index is 9.96. The Morgan fingerprint density at radius 1 is 0.500 bits per heavy atom. The lowest BCUT2D eigenvalue weighted by Gasteiger charge is -2.26. The summed E-state index contributed by atoms with van der Waals surface area (Å²) in [6.07, 6.45) is 20.4. The number of phosphoric acid groups is 3. The molecule has 17 heteroatoms. The second-order valence-corrected chi connectivity index (χ2v) is 13.1. The molecule has 0 fully saturated rings. The molecule has 236 valence electrons. The Balaban J connectivity index is -0.000000311. The number of hydrogen-bond donors (Lipinski definition) is 10. The van der Waals surface area contributed by atoms with Gasteiger partial charge in [0.25, 0.3) is 0 Å². The molecule has 0 aromatic carbocycles. The van der Waals surface area contributed by atoms with Crippen molar-refractivity contribution >= 4 is 23.5 Å². The molecule has 1 unspecified atom stereocenters. The third-order valence-electron chi connectivity index (χ3n) is 4.65. The summed E-state index contributed by atoms with van der Waals surface area (Å²) in [6, 6.07) is 0. The quantitative estimate of drug-likeness (QED) is 0.0636. The number of quaternary nitrogens is 1. The van der Waals surface area contributed by atoms with E-state index in [9.17, 15) is 5.11 Å². The van der Waals surface area contributed by atoms with Gasteiger partial charge < -0.3 is 53.6 Å². The fourth-order valence-corrected chi connectivity index (χ4v) is 3.30. The van der Waals surface area contributed by atoms with E-state index in [1.54, 1.807) is 0 Å². The van der Waals surface area contributed by atoms with Crippen molar-refractivity contribution in [3.8, 4) is 0 Å². The van der Waals surface area contributed by atoms with Gasteiger partial charge in [0.15, 0.2) is 0 Å². The molecule has 1 atom stereocenters. The van der Waals surface area contributed by atoms with Crippen molar-refractivity contribution in [2.75, 3.05) is 27.7 Å². The highest BCUT2D eigenvalue weighted by Gasteiger charge is 2.14. The summed E-state index contributed by atoms with van der Waals surface area (Å²) in [5.41, 5.74) is 0. The third kappa shape index (κ3) is 99.7. The number of aliphatic hydroxyl groups is 1. The summed E-state index contributed by atoms with van der Waals surface area (Å²) in [5, 5.41) is 9.96. The Labute approximate surface area is 228 Å². The standard InChI is InChI=1S/C21H46NO.3H3O4P/c1-5-6-7-8-9-10-11-12-13-14-15-16-17-18-19-21(23)20-22(2,3)4;3*1-5(2,3)4/h21,23H,5-20H2,1-4H3;3*(H3,1,2,3,4)/q+1;;;. The Hall–Kier alpha value is 0.250. The van der Waals surface area contributed by atoms with Crippen LogP contribution >= 0.6 is 23.5 Å². The molecule has 14 nitrogen and oxygen atoms in total. The number of aliphatic hydroxyl groups excluding tert-OH is 1. The lowest BCUT2D eigenvalue weighted by molar-refractivity contribution is -0.873. The molecule has 0 bridgehead atoms. The van der Waals surface area contributed by atoms with Crippen LogP contribution in [0, 0.1) is 0 Å². The molecule has 0 saturated heterocycles. The SMILES string of the molecule is CCCCCCCCCCCCCCCCC(O)C[N+](C)(C)C.O=P(O)(O)O.O=P(O)(O)O.O=P(O)(O)O. The first-order valence-electron chi connectivity index (χ1n) is 12.8. The summed E-state index contributed by atoms with van der Waals surface area (Å²) in [4.78, 5) is 64.7. The van der Waals surface area contributed by atoms with E-state index in [4.69, 9.17) is 57.7 Å². The van der Waals surface area contributed by atoms with Gasteiger partial charge >= 0.3 is 23.5 Å². The molecule has 10 N–H and O–H groups in total. The first-order chi connectivity index (χ1) is 17.0. The van der Waals surface area contributed by atoms with Crippen LogP contribution in [0.5, 0.6) is 0 Å². The van der Waals surface area contributed by atoms with Gasteiger partial charge in [-0.15, -0.1) is 0 Å². The molecule has 0 aromatic heterocycles. The summed E-state index contributed by atoms with van der Waals surface area (Å²) >= 11 is 0. The van der Waals surface area contributed by atoms with E-state index in [0.29, 0.717) is 0 Å². The first kappa shape index (κ1) is 45.2. The van der Waals surface area contributed by atoms with E-state index in [-0.39, 0.29) is 6.10 Å². The second kappa shape index (κ2) is 26.2. The van der Waals surface area contributed by atoms with Crippen LogP contribution in [-0.2, 0) is 13.7 Å². The number of hydrogen-bond acceptors (Lipinski definition) is 4. The molecule has 0 spiro atoms. The molecule has 0 aliphatic heterocycles. The van der Waals surface area contributed by atoms with Gasteiger partial charge in [-0.05, 0) is 6.42 Å². The normalized spacial score (nSPS) is 12.8. The van der Waals surface area contributed by atoms with Crippen LogP contribution in [0.15, 0.2) is 0 Å². The minimum absolute atomic E-state index is 0.118. The number of rotatable bonds is 17. The van der Waals surface area contributed by atoms with Gasteiger partial charge in [0.2, 0.25) is 0 Å². The molecular weight excluding hydrogens is 567 g/mol. The van der Waals surface area contributed by atoms with Crippen LogP contribution in [0.2, 0.25) is 0 Å². The maximum absolute atomic E-state index is 9.96. The molecule has 0 amide bonds. The zero-order chi connectivity index (χ0) is 30.9. The molecular formula is C21H55NO13P3+. The largest absolute Gasteiger partial charge is 0.466 e. The molecule has 0 radical (unpaired) electrons. The Kier molecular flexibility index (Phi) is 31.2. The van der Waals surface area contributed by atoms with Crippen molar-refractivity contribution in [1.82, 2.24) is 0 Å². The van der Waals surface area contributed by atoms with Crippen molar-refractivity contribution < 1.29 is 67.3 Å². The minimum atomic E-state index is -4.64. The van der Waals surface area contributed by atoms with Crippen molar-refractivity contribution in [1.29, 1.82) is 0 Å². The minimum Gasteiger partial charge on any atom is -0.387 e. The van der Waals surface area contributed by atoms with E-state index in [0.717, 1.165) is 17.4 Å². The number of nitrogens with zero attached hydrogens (tertiary/aromatic N) is 1. The van der Waals surface area contributed by atoms with Crippen LogP contribution in [0.4, 0.5) is 0 Å². The van der Waals surface area contributed by atoms with Crippen molar-refractivity contribution in [3.05, 3.63) is 0 Å². The smallest absolute Gasteiger partial charge is 0.387 e. The van der Waals surface area contributed by atoms with Crippen molar-refractivity contribution in [3.63, 3.8) is 0 Å². The average Bonchev–Trinajstić information content (AvgIpc) is 2.63. The van der Waals surface area contributed by atoms with E-state index in [1.807, 2.05) is 0 Å². The lowest BCUT2D eigenvalue weighted by Crippen LogP contribution is -2.41. The van der Waals surface area contributed by atoms with Gasteiger partial charge in [-0.3, -0.25) is 0 Å². The Morgan fingerprint density at radius 3 is 0.921 bits per heavy atom. The zero-order valence-corrected chi connectivity index (χ0v) is 26.1. The van der Waals surface area contributed by atoms with Gasteiger partial charge in [0, 0.05) is 0 Å². The van der Waals surface area contributed by atoms with Crippen molar-refractivity contribution in [2.24, 2.45) is 0 Å². The Bertz CT molecular complexity index is 572. The van der Waals surface area contributed by atoms with Gasteiger partial charge in [-0.25, -0.2) is 13.7 Å². The van der Waals surface area contributed by atoms with Gasteiger partial charge in [0.1, 0.15) is 12.6 Å². The predicted octanol–water partition coefficient (Wildman–Crippen LogP) is 3.14. The zero-order valence-electron chi connectivity index (χ0n) is 23.4. The van der Waals surface area contributed by atoms with Gasteiger partial charge in [0.05, 0.1) is 21.1 Å². The summed E-state index contributed by atoms with van der Waals surface area (Å²) in [6.45, 7) is 3.16. The van der Waals surface area contributed by atoms with Crippen LogP contribution < -0.4 is 0 Å². The topological polar surface area (TPSA) is 254 Å². The molecule has 0 rings (SSSR count). The number of unbranched alkanes of at least 4 members (excludes halogenated alkanes) is 13. The third-order valence-corrected chi connectivity index (χ3v) is 4.65. The van der Waals surface area contributed by atoms with E-state index in [1.165, 1.54) is 89.9 Å². The van der Waals surface area contributed by atoms with Gasteiger partial charge in [-0.1, -0.05) is 96.8 Å². The van der Waals surface area contributed by atoms with E-state index in [2.05, 4.69) is 28.1 Å². The Morgan fingerprint density at radius 2 is 0.711 bits per heavy atom. The lowest BCUT2D eigenvalue weighted by atomic mass is 10.0. The summed E-state index contributed by atoms with van der Waals surface area (Å²) < 4.78 is 27.5. The van der Waals surface area contributed by atoms with Gasteiger partial charge in [-0.2, -0.15) is 0 Å². The van der Waals surface area contributed by atoms with Crippen LogP contribution in [0.3, 0.4) is 0 Å². The fraction of sp³-hybridized carbons (Fsp3) is 1.00. The average molecular weight is 623 g/mol. The fourth-order valence-electron chi connectivity index (χ4n) is 3.30. The molecule has 0 aliphatic carbocycles. The molecule has 0 aliphatic rings. The maximum Gasteiger partial charge on any atom is 0.466 e. The van der Waals surface area contributed by atoms with Crippen molar-refractivity contribution in [2.45, 2.75) is 109 Å². The molecule has 38 heavy (non-hydrogen) atoms. The molecule has 0 saturated carbocycles. The van der Waals surface area contributed by atoms with Crippen LogP contribution in [0.1, 0.15) is 103 Å². The van der Waals surface area contributed by atoms with Crippen LogP contribution in [-0.4, -0.2) is 87.4 Å². The molecule has 0 heterocycles.